The van der Waals surface area contributed by atoms with Crippen LogP contribution < -0.4 is 10.1 Å². The van der Waals surface area contributed by atoms with E-state index in [0.29, 0.717) is 39.6 Å². The summed E-state index contributed by atoms with van der Waals surface area (Å²) in [6.07, 6.45) is 1.65. The zero-order valence-corrected chi connectivity index (χ0v) is 17.9. The quantitative estimate of drug-likeness (QED) is 0.165. The summed E-state index contributed by atoms with van der Waals surface area (Å²) in [6, 6.07) is 13.3. The summed E-state index contributed by atoms with van der Waals surface area (Å²) in [6.45, 7) is 0.430. The number of hydrogen-bond donors (Lipinski definition) is 2. The van der Waals surface area contributed by atoms with Crippen molar-refractivity contribution in [2.24, 2.45) is 0 Å². The molecule has 3 aromatic rings. The first kappa shape index (κ1) is 21.6. The van der Waals surface area contributed by atoms with Gasteiger partial charge in [-0.15, -0.1) is 5.10 Å². The zero-order chi connectivity index (χ0) is 22.5. The van der Waals surface area contributed by atoms with Crippen LogP contribution in [0.25, 0.3) is 17.5 Å². The van der Waals surface area contributed by atoms with E-state index in [1.165, 1.54) is 23.9 Å². The minimum absolute atomic E-state index is 0.0164. The number of thioether (sulfide) groups is 2. The molecule has 2 heterocycles. The lowest BCUT2D eigenvalue weighted by Gasteiger charge is -2.05. The van der Waals surface area contributed by atoms with Gasteiger partial charge in [-0.1, -0.05) is 23.9 Å². The molecule has 0 aliphatic carbocycles. The molecule has 0 spiro atoms. The number of aromatic amines is 1. The molecule has 0 saturated carbocycles. The fourth-order valence-electron chi connectivity index (χ4n) is 2.71. The minimum atomic E-state index is -0.453. The monoisotopic (exact) mass is 469 g/mol. The summed E-state index contributed by atoms with van der Waals surface area (Å²) < 4.78 is 5.71. The number of nitrogens with one attached hydrogen (secondary N) is 2. The number of nitro groups is 1. The maximum Gasteiger partial charge on any atom is 0.290 e. The molecule has 0 radical (unpaired) electrons. The number of carbonyl (C=O) groups excluding carboxylic acids is 2. The summed E-state index contributed by atoms with van der Waals surface area (Å²) in [5, 5.41) is 20.1. The van der Waals surface area contributed by atoms with E-state index in [0.717, 1.165) is 17.3 Å². The fraction of sp³-hybridized carbons (Fsp3) is 0.100. The van der Waals surface area contributed by atoms with Gasteiger partial charge in [-0.05, 0) is 47.7 Å². The summed E-state index contributed by atoms with van der Waals surface area (Å²) >= 11 is 2.29. The third kappa shape index (κ3) is 5.34. The van der Waals surface area contributed by atoms with E-state index in [2.05, 4.69) is 20.5 Å². The Hall–Kier alpha value is -3.64. The van der Waals surface area contributed by atoms with Gasteiger partial charge in [-0.25, -0.2) is 4.98 Å². The number of carbonyl (C=O) groups is 2. The Morgan fingerprint density at radius 2 is 1.88 bits per heavy atom. The first-order chi connectivity index (χ1) is 15.5. The molecule has 1 fully saturated rings. The standard InChI is InChI=1S/C20H15N5O5S2/c26-18-16(32-20(27)22-18)11-12-1-7-15(8-2-12)30-9-10-31-19-21-17(23-24-19)13-3-5-14(6-4-13)25(28)29/h1-8,11H,9-10H2,(H,21,23,24)(H,22,26,27)/b16-11-. The van der Waals surface area contributed by atoms with Gasteiger partial charge >= 0.3 is 0 Å². The van der Waals surface area contributed by atoms with Crippen molar-refractivity contribution < 1.29 is 19.2 Å². The number of hydrogen-bond acceptors (Lipinski definition) is 9. The van der Waals surface area contributed by atoms with Crippen molar-refractivity contribution in [3.8, 4) is 17.1 Å². The average molecular weight is 470 g/mol. The molecule has 1 saturated heterocycles. The van der Waals surface area contributed by atoms with Gasteiger partial charge in [0.1, 0.15) is 5.75 Å². The van der Waals surface area contributed by atoms with Crippen LogP contribution in [-0.4, -0.2) is 43.6 Å². The average Bonchev–Trinajstić information content (AvgIpc) is 3.38. The van der Waals surface area contributed by atoms with Crippen molar-refractivity contribution in [2.45, 2.75) is 5.16 Å². The fourth-order valence-corrected chi connectivity index (χ4v) is 4.00. The smallest absolute Gasteiger partial charge is 0.290 e. The van der Waals surface area contributed by atoms with Gasteiger partial charge in [-0.3, -0.25) is 30.1 Å². The molecule has 0 unspecified atom stereocenters. The third-order valence-corrected chi connectivity index (χ3v) is 5.84. The summed E-state index contributed by atoms with van der Waals surface area (Å²) in [5.74, 6) is 1.43. The van der Waals surface area contributed by atoms with Crippen LogP contribution in [0.4, 0.5) is 10.5 Å². The van der Waals surface area contributed by atoms with Gasteiger partial charge in [0.05, 0.1) is 16.4 Å². The number of amides is 2. The maximum absolute atomic E-state index is 11.6. The van der Waals surface area contributed by atoms with E-state index in [1.54, 1.807) is 42.5 Å². The molecular weight excluding hydrogens is 454 g/mol. The molecule has 1 aliphatic heterocycles. The third-order valence-electron chi connectivity index (χ3n) is 4.22. The predicted molar refractivity (Wildman–Crippen MR) is 120 cm³/mol. The second kappa shape index (κ2) is 9.66. The molecule has 1 aromatic heterocycles. The molecule has 32 heavy (non-hydrogen) atoms. The first-order valence-electron chi connectivity index (χ1n) is 9.26. The maximum atomic E-state index is 11.6. The van der Waals surface area contributed by atoms with Gasteiger partial charge in [-0.2, -0.15) is 0 Å². The van der Waals surface area contributed by atoms with Crippen LogP contribution in [0.5, 0.6) is 5.75 Å². The van der Waals surface area contributed by atoms with Crippen molar-refractivity contribution >= 4 is 46.4 Å². The minimum Gasteiger partial charge on any atom is -0.493 e. The van der Waals surface area contributed by atoms with Crippen LogP contribution in [0.1, 0.15) is 5.56 Å². The predicted octanol–water partition coefficient (Wildman–Crippen LogP) is 3.87. The van der Waals surface area contributed by atoms with Crippen LogP contribution in [-0.2, 0) is 4.79 Å². The van der Waals surface area contributed by atoms with E-state index >= 15 is 0 Å². The Labute approximate surface area is 190 Å². The number of non-ortho nitro benzene ring substituents is 1. The highest BCUT2D eigenvalue weighted by atomic mass is 32.2. The second-order valence-electron chi connectivity index (χ2n) is 6.39. The molecule has 0 bridgehead atoms. The number of ether oxygens (including phenoxy) is 1. The van der Waals surface area contributed by atoms with Crippen LogP contribution >= 0.6 is 23.5 Å². The van der Waals surface area contributed by atoms with E-state index in [-0.39, 0.29) is 16.8 Å². The van der Waals surface area contributed by atoms with E-state index < -0.39 is 4.92 Å². The highest BCUT2D eigenvalue weighted by molar-refractivity contribution is 8.18. The Bertz CT molecular complexity index is 1190. The number of aromatic nitrogens is 3. The zero-order valence-electron chi connectivity index (χ0n) is 16.3. The normalized spacial score (nSPS) is 14.6. The number of nitro benzene ring substituents is 1. The highest BCUT2D eigenvalue weighted by Crippen LogP contribution is 2.26. The summed E-state index contributed by atoms with van der Waals surface area (Å²) in [7, 11) is 0. The molecule has 0 atom stereocenters. The topological polar surface area (TPSA) is 140 Å². The van der Waals surface area contributed by atoms with E-state index in [1.807, 2.05) is 0 Å². The Morgan fingerprint density at radius 3 is 2.53 bits per heavy atom. The van der Waals surface area contributed by atoms with E-state index in [9.17, 15) is 19.7 Å². The van der Waals surface area contributed by atoms with Crippen molar-refractivity contribution in [2.75, 3.05) is 12.4 Å². The second-order valence-corrected chi connectivity index (χ2v) is 8.47. The van der Waals surface area contributed by atoms with Crippen LogP contribution in [0.3, 0.4) is 0 Å². The largest absolute Gasteiger partial charge is 0.493 e. The van der Waals surface area contributed by atoms with Crippen LogP contribution in [0.15, 0.2) is 58.6 Å². The van der Waals surface area contributed by atoms with Crippen LogP contribution in [0, 0.1) is 10.1 Å². The van der Waals surface area contributed by atoms with Gasteiger partial charge < -0.3 is 4.74 Å². The Balaban J connectivity index is 1.25. The number of rotatable bonds is 8. The Kier molecular flexibility index (Phi) is 6.52. The molecule has 2 aromatic carbocycles. The highest BCUT2D eigenvalue weighted by Gasteiger charge is 2.24. The first-order valence-corrected chi connectivity index (χ1v) is 11.1. The number of benzene rings is 2. The van der Waals surface area contributed by atoms with Gasteiger partial charge in [0, 0.05) is 23.4 Å². The summed E-state index contributed by atoms with van der Waals surface area (Å²) in [4.78, 5) is 37.8. The van der Waals surface area contributed by atoms with Crippen molar-refractivity contribution in [1.82, 2.24) is 20.5 Å². The molecule has 4 rings (SSSR count). The van der Waals surface area contributed by atoms with E-state index in [4.69, 9.17) is 4.74 Å². The van der Waals surface area contributed by atoms with Crippen molar-refractivity contribution in [3.05, 3.63) is 69.1 Å². The van der Waals surface area contributed by atoms with Gasteiger partial charge in [0.2, 0.25) is 5.16 Å². The SMILES string of the molecule is O=C1NC(=O)/C(=C/c2ccc(OCCSc3n[nH]c(-c4ccc([N+](=O)[O-])cc4)n3)cc2)S1. The molecule has 1 aliphatic rings. The van der Waals surface area contributed by atoms with Gasteiger partial charge in [0.15, 0.2) is 5.82 Å². The lowest BCUT2D eigenvalue weighted by molar-refractivity contribution is -0.384. The molecule has 162 valence electrons. The molecule has 10 nitrogen and oxygen atoms in total. The van der Waals surface area contributed by atoms with Crippen molar-refractivity contribution in [1.29, 1.82) is 0 Å². The molecule has 2 N–H and O–H groups in total. The lowest BCUT2D eigenvalue weighted by Crippen LogP contribution is -2.17. The number of nitrogens with zero attached hydrogens (tertiary/aromatic N) is 3. The molecular formula is C20H15N5O5S2. The lowest BCUT2D eigenvalue weighted by atomic mass is 10.2. The number of H-pyrrole nitrogens is 1. The number of imide groups is 1. The summed E-state index contributed by atoms with van der Waals surface area (Å²) in [5.41, 5.74) is 1.51. The van der Waals surface area contributed by atoms with Gasteiger partial charge in [0.25, 0.3) is 16.8 Å². The Morgan fingerprint density at radius 1 is 1.12 bits per heavy atom. The molecule has 2 amide bonds. The van der Waals surface area contributed by atoms with Crippen molar-refractivity contribution in [3.63, 3.8) is 0 Å². The van der Waals surface area contributed by atoms with Crippen LogP contribution in [0.2, 0.25) is 0 Å². The molecule has 12 heteroatoms.